The van der Waals surface area contributed by atoms with Gasteiger partial charge in [-0.05, 0) is 6.92 Å². The summed E-state index contributed by atoms with van der Waals surface area (Å²) in [5.41, 5.74) is 1.32. The number of benzene rings is 1. The number of aryl methyl sites for hydroxylation is 1. The van der Waals surface area contributed by atoms with Gasteiger partial charge in [0, 0.05) is 0 Å². The van der Waals surface area contributed by atoms with E-state index in [2.05, 4.69) is 19.1 Å². The zero-order valence-corrected chi connectivity index (χ0v) is 7.09. The van der Waals surface area contributed by atoms with Crippen molar-refractivity contribution in [2.75, 3.05) is 0 Å². The van der Waals surface area contributed by atoms with Crippen LogP contribution in [0.15, 0.2) is 30.3 Å². The fourth-order valence-corrected chi connectivity index (χ4v) is 0.534. The molecule has 10 heavy (non-hydrogen) atoms. The molecule has 1 heteroatoms. The van der Waals surface area contributed by atoms with Crippen molar-refractivity contribution in [3.63, 3.8) is 0 Å². The highest BCUT2D eigenvalue weighted by molar-refractivity contribution is 5.11. The molecular weight excluding hydrogens is 122 g/mol. The standard InChI is InChI=1S/C7H8.C2H6.H3N/c1-7-5-3-2-4-6-7;1-2;/h2-6H,1H3;1-2H3;1H3. The Morgan fingerprint density at radius 2 is 1.30 bits per heavy atom. The van der Waals surface area contributed by atoms with Gasteiger partial charge in [-0.25, -0.2) is 0 Å². The van der Waals surface area contributed by atoms with Gasteiger partial charge in [0.2, 0.25) is 0 Å². The SMILES string of the molecule is CC.Cc1ccccc1.N. The lowest BCUT2D eigenvalue weighted by molar-refractivity contribution is 1.48. The molecule has 0 fully saturated rings. The third kappa shape index (κ3) is 5.32. The molecular formula is C9H17N. The van der Waals surface area contributed by atoms with E-state index in [-0.39, 0.29) is 6.15 Å². The van der Waals surface area contributed by atoms with Crippen molar-refractivity contribution in [2.45, 2.75) is 20.8 Å². The van der Waals surface area contributed by atoms with Crippen molar-refractivity contribution in [1.29, 1.82) is 0 Å². The quantitative estimate of drug-likeness (QED) is 0.588. The van der Waals surface area contributed by atoms with Crippen molar-refractivity contribution < 1.29 is 0 Å². The summed E-state index contributed by atoms with van der Waals surface area (Å²) < 4.78 is 0. The van der Waals surface area contributed by atoms with Crippen LogP contribution in [0.2, 0.25) is 0 Å². The van der Waals surface area contributed by atoms with Crippen molar-refractivity contribution >= 4 is 0 Å². The van der Waals surface area contributed by atoms with Gasteiger partial charge in [0.1, 0.15) is 0 Å². The molecule has 1 rings (SSSR count). The minimum absolute atomic E-state index is 0. The van der Waals surface area contributed by atoms with Gasteiger partial charge in [-0.15, -0.1) is 0 Å². The van der Waals surface area contributed by atoms with Gasteiger partial charge in [-0.2, -0.15) is 0 Å². The Balaban J connectivity index is 0. The Morgan fingerprint density at radius 1 is 0.900 bits per heavy atom. The Bertz CT molecular complexity index is 135. The molecule has 1 aromatic rings. The molecule has 0 amide bonds. The summed E-state index contributed by atoms with van der Waals surface area (Å²) in [5.74, 6) is 0. The predicted octanol–water partition coefficient (Wildman–Crippen LogP) is 3.18. The summed E-state index contributed by atoms with van der Waals surface area (Å²) >= 11 is 0. The van der Waals surface area contributed by atoms with Crippen molar-refractivity contribution in [3.8, 4) is 0 Å². The van der Waals surface area contributed by atoms with Crippen LogP contribution in [0.4, 0.5) is 0 Å². The van der Waals surface area contributed by atoms with E-state index in [1.54, 1.807) is 0 Å². The highest BCUT2D eigenvalue weighted by Gasteiger charge is 1.72. The third-order valence-electron chi connectivity index (χ3n) is 0.940. The molecule has 0 saturated carbocycles. The average Bonchev–Trinajstić information content (AvgIpc) is 1.94. The molecule has 0 heterocycles. The summed E-state index contributed by atoms with van der Waals surface area (Å²) in [5, 5.41) is 0. The first-order valence-corrected chi connectivity index (χ1v) is 3.41. The fourth-order valence-electron chi connectivity index (χ4n) is 0.534. The second-order valence-electron chi connectivity index (χ2n) is 1.65. The first kappa shape index (κ1) is 11.9. The van der Waals surface area contributed by atoms with Crippen LogP contribution in [0.1, 0.15) is 19.4 Å². The largest absolute Gasteiger partial charge is 0.344 e. The van der Waals surface area contributed by atoms with Crippen LogP contribution < -0.4 is 6.15 Å². The van der Waals surface area contributed by atoms with Crippen LogP contribution in [0.3, 0.4) is 0 Å². The number of rotatable bonds is 0. The molecule has 0 aliphatic rings. The molecule has 0 atom stereocenters. The lowest BCUT2D eigenvalue weighted by Gasteiger charge is -1.82. The Hall–Kier alpha value is -0.820. The summed E-state index contributed by atoms with van der Waals surface area (Å²) in [6.07, 6.45) is 0. The molecule has 58 valence electrons. The minimum atomic E-state index is 0. The van der Waals surface area contributed by atoms with E-state index in [1.807, 2.05) is 32.0 Å². The highest BCUT2D eigenvalue weighted by Crippen LogP contribution is 1.92. The Morgan fingerprint density at radius 3 is 1.50 bits per heavy atom. The van der Waals surface area contributed by atoms with E-state index in [4.69, 9.17) is 0 Å². The smallest absolute Gasteiger partial charge is 0.0398 e. The second-order valence-corrected chi connectivity index (χ2v) is 1.65. The summed E-state index contributed by atoms with van der Waals surface area (Å²) in [6.45, 7) is 6.08. The van der Waals surface area contributed by atoms with Gasteiger partial charge in [0.25, 0.3) is 0 Å². The molecule has 1 nitrogen and oxygen atoms in total. The first-order valence-electron chi connectivity index (χ1n) is 3.41. The van der Waals surface area contributed by atoms with Gasteiger partial charge in [0.15, 0.2) is 0 Å². The van der Waals surface area contributed by atoms with E-state index in [0.29, 0.717) is 0 Å². The highest BCUT2D eigenvalue weighted by atomic mass is 14.0. The lowest BCUT2D eigenvalue weighted by atomic mass is 10.2. The van der Waals surface area contributed by atoms with Crippen LogP contribution in [-0.2, 0) is 0 Å². The van der Waals surface area contributed by atoms with Crippen LogP contribution in [0.5, 0.6) is 0 Å². The lowest BCUT2D eigenvalue weighted by Crippen LogP contribution is -1.62. The molecule has 1 aromatic carbocycles. The van der Waals surface area contributed by atoms with E-state index >= 15 is 0 Å². The van der Waals surface area contributed by atoms with Gasteiger partial charge >= 0.3 is 0 Å². The molecule has 0 bridgehead atoms. The van der Waals surface area contributed by atoms with Gasteiger partial charge in [-0.3, -0.25) is 0 Å². The van der Waals surface area contributed by atoms with Crippen molar-refractivity contribution in [2.24, 2.45) is 0 Å². The zero-order valence-electron chi connectivity index (χ0n) is 7.09. The van der Waals surface area contributed by atoms with Crippen LogP contribution in [0.25, 0.3) is 0 Å². The molecule has 0 aromatic heterocycles. The maximum Gasteiger partial charge on any atom is -0.0398 e. The molecule has 0 aliphatic carbocycles. The van der Waals surface area contributed by atoms with Gasteiger partial charge in [-0.1, -0.05) is 49.7 Å². The van der Waals surface area contributed by atoms with Gasteiger partial charge in [0.05, 0.1) is 0 Å². The molecule has 0 spiro atoms. The third-order valence-corrected chi connectivity index (χ3v) is 0.940. The fraction of sp³-hybridized carbons (Fsp3) is 0.333. The number of hydrogen-bond donors (Lipinski definition) is 1. The van der Waals surface area contributed by atoms with E-state index < -0.39 is 0 Å². The normalized spacial score (nSPS) is 6.70. The zero-order chi connectivity index (χ0) is 7.11. The maximum absolute atomic E-state index is 2.08. The second kappa shape index (κ2) is 8.18. The topological polar surface area (TPSA) is 35.0 Å². The van der Waals surface area contributed by atoms with Crippen LogP contribution in [0, 0.1) is 6.92 Å². The van der Waals surface area contributed by atoms with Crippen molar-refractivity contribution in [3.05, 3.63) is 35.9 Å². The summed E-state index contributed by atoms with van der Waals surface area (Å²) in [7, 11) is 0. The maximum atomic E-state index is 2.08. The van der Waals surface area contributed by atoms with Crippen LogP contribution in [-0.4, -0.2) is 0 Å². The van der Waals surface area contributed by atoms with Gasteiger partial charge < -0.3 is 6.15 Å². The summed E-state index contributed by atoms with van der Waals surface area (Å²) in [4.78, 5) is 0. The predicted molar refractivity (Wildman–Crippen MR) is 47.5 cm³/mol. The molecule has 3 N–H and O–H groups in total. The Labute approximate surface area is 63.7 Å². The average molecular weight is 139 g/mol. The molecule has 0 radical (unpaired) electrons. The molecule has 0 aliphatic heterocycles. The first-order chi connectivity index (χ1) is 4.39. The molecule has 0 unspecified atom stereocenters. The summed E-state index contributed by atoms with van der Waals surface area (Å²) in [6, 6.07) is 10.3. The van der Waals surface area contributed by atoms with E-state index in [9.17, 15) is 0 Å². The number of hydrogen-bond acceptors (Lipinski definition) is 1. The Kier molecular flexibility index (Phi) is 9.75. The molecule has 0 saturated heterocycles. The monoisotopic (exact) mass is 139 g/mol. The van der Waals surface area contributed by atoms with E-state index in [0.717, 1.165) is 0 Å². The van der Waals surface area contributed by atoms with Crippen molar-refractivity contribution in [1.82, 2.24) is 6.15 Å². The van der Waals surface area contributed by atoms with Crippen LogP contribution >= 0.6 is 0 Å². The minimum Gasteiger partial charge on any atom is -0.344 e. The van der Waals surface area contributed by atoms with E-state index in [1.165, 1.54) is 5.56 Å².